The van der Waals surface area contributed by atoms with Gasteiger partial charge in [-0.3, -0.25) is 4.98 Å². The van der Waals surface area contributed by atoms with E-state index in [1.165, 1.54) is 0 Å². The molecule has 5 rings (SSSR count). The Labute approximate surface area is 184 Å². The molecule has 0 bridgehead atoms. The van der Waals surface area contributed by atoms with E-state index in [9.17, 15) is 8.78 Å². The average Bonchev–Trinajstić information content (AvgIpc) is 2.80. The number of aromatic nitrogens is 4. The summed E-state index contributed by atoms with van der Waals surface area (Å²) in [5, 5.41) is 3.03. The van der Waals surface area contributed by atoms with Gasteiger partial charge in [0, 0.05) is 49.3 Å². The standard InChI is InChI=1S/C22H24F2N6O2/c23-19-13-20(24)29-22(28-19)27-14-1-3-16(4-2-14)32-18-12-15(30-7-9-31-10-8-30)11-17-21(18)26-6-5-25-17/h5-6,11-14,16H,1-4,7-10H2,(H,27,28,29). The third-order valence-electron chi connectivity index (χ3n) is 5.86. The summed E-state index contributed by atoms with van der Waals surface area (Å²) in [5.74, 6) is -1.06. The highest BCUT2D eigenvalue weighted by Gasteiger charge is 2.25. The molecule has 0 spiro atoms. The summed E-state index contributed by atoms with van der Waals surface area (Å²) in [7, 11) is 0. The fourth-order valence-electron chi connectivity index (χ4n) is 4.26. The van der Waals surface area contributed by atoms with Crippen LogP contribution in [0.1, 0.15) is 25.7 Å². The lowest BCUT2D eigenvalue weighted by molar-refractivity contribution is 0.122. The van der Waals surface area contributed by atoms with E-state index < -0.39 is 11.9 Å². The van der Waals surface area contributed by atoms with Gasteiger partial charge in [0.15, 0.2) is 0 Å². The minimum atomic E-state index is -0.884. The van der Waals surface area contributed by atoms with Crippen molar-refractivity contribution in [2.45, 2.75) is 37.8 Å². The summed E-state index contributed by atoms with van der Waals surface area (Å²) in [6.45, 7) is 3.05. The van der Waals surface area contributed by atoms with Gasteiger partial charge in [0.25, 0.3) is 0 Å². The summed E-state index contributed by atoms with van der Waals surface area (Å²) in [6, 6.07) is 4.77. The fraction of sp³-hybridized carbons (Fsp3) is 0.455. The van der Waals surface area contributed by atoms with Gasteiger partial charge in [-0.1, -0.05) is 0 Å². The molecule has 2 aliphatic rings. The smallest absolute Gasteiger partial charge is 0.228 e. The molecule has 32 heavy (non-hydrogen) atoms. The monoisotopic (exact) mass is 442 g/mol. The predicted molar refractivity (Wildman–Crippen MR) is 115 cm³/mol. The molecular formula is C22H24F2N6O2. The summed E-state index contributed by atoms with van der Waals surface area (Å²) < 4.78 is 38.5. The maximum Gasteiger partial charge on any atom is 0.228 e. The van der Waals surface area contributed by atoms with Gasteiger partial charge in [-0.15, -0.1) is 0 Å². The second-order valence-electron chi connectivity index (χ2n) is 8.04. The number of fused-ring (bicyclic) bond motifs is 1. The molecule has 168 valence electrons. The quantitative estimate of drug-likeness (QED) is 0.603. The van der Waals surface area contributed by atoms with Crippen molar-refractivity contribution < 1.29 is 18.3 Å². The van der Waals surface area contributed by atoms with Crippen molar-refractivity contribution in [1.82, 2.24) is 19.9 Å². The van der Waals surface area contributed by atoms with Crippen molar-refractivity contribution in [1.29, 1.82) is 0 Å². The number of halogens is 2. The van der Waals surface area contributed by atoms with E-state index in [0.29, 0.717) is 19.3 Å². The first kappa shape index (κ1) is 20.7. The van der Waals surface area contributed by atoms with Crippen LogP contribution in [-0.2, 0) is 4.74 Å². The van der Waals surface area contributed by atoms with Crippen molar-refractivity contribution in [3.8, 4) is 5.75 Å². The van der Waals surface area contributed by atoms with Crippen molar-refractivity contribution in [2.24, 2.45) is 0 Å². The van der Waals surface area contributed by atoms with Crippen LogP contribution in [0.5, 0.6) is 5.75 Å². The topological polar surface area (TPSA) is 85.3 Å². The van der Waals surface area contributed by atoms with Gasteiger partial charge in [-0.25, -0.2) is 4.98 Å². The second kappa shape index (κ2) is 9.15. The van der Waals surface area contributed by atoms with Crippen molar-refractivity contribution in [3.63, 3.8) is 0 Å². The average molecular weight is 442 g/mol. The number of nitrogens with zero attached hydrogens (tertiary/aromatic N) is 5. The molecule has 3 aromatic rings. The number of hydrogen-bond donors (Lipinski definition) is 1. The van der Waals surface area contributed by atoms with E-state index >= 15 is 0 Å². The first-order chi connectivity index (χ1) is 15.6. The highest BCUT2D eigenvalue weighted by Crippen LogP contribution is 2.33. The number of hydrogen-bond acceptors (Lipinski definition) is 8. The lowest BCUT2D eigenvalue weighted by atomic mass is 9.93. The molecule has 3 heterocycles. The van der Waals surface area contributed by atoms with Crippen LogP contribution in [0.2, 0.25) is 0 Å². The molecule has 1 aliphatic carbocycles. The van der Waals surface area contributed by atoms with Gasteiger partial charge >= 0.3 is 0 Å². The maximum absolute atomic E-state index is 13.3. The van der Waals surface area contributed by atoms with Gasteiger partial charge in [-0.2, -0.15) is 18.7 Å². The van der Waals surface area contributed by atoms with Crippen LogP contribution < -0.4 is 15.0 Å². The number of rotatable bonds is 5. The first-order valence-electron chi connectivity index (χ1n) is 10.8. The van der Waals surface area contributed by atoms with Crippen molar-refractivity contribution >= 4 is 22.7 Å². The van der Waals surface area contributed by atoms with E-state index in [-0.39, 0.29) is 18.1 Å². The molecule has 1 aromatic carbocycles. The van der Waals surface area contributed by atoms with Crippen LogP contribution in [0.15, 0.2) is 30.6 Å². The molecule has 10 heteroatoms. The molecule has 1 aliphatic heterocycles. The molecular weight excluding hydrogens is 418 g/mol. The summed E-state index contributed by atoms with van der Waals surface area (Å²) in [5.41, 5.74) is 2.59. The van der Waals surface area contributed by atoms with Crippen LogP contribution in [0.25, 0.3) is 11.0 Å². The molecule has 8 nitrogen and oxygen atoms in total. The molecule has 2 aromatic heterocycles. The van der Waals surface area contributed by atoms with Crippen molar-refractivity contribution in [3.05, 3.63) is 42.5 Å². The Hall–Kier alpha value is -3.14. The lowest BCUT2D eigenvalue weighted by Crippen LogP contribution is -2.36. The van der Waals surface area contributed by atoms with Crippen LogP contribution in [-0.4, -0.2) is 58.4 Å². The Morgan fingerprint density at radius 1 is 0.938 bits per heavy atom. The van der Waals surface area contributed by atoms with Crippen LogP contribution >= 0.6 is 0 Å². The van der Waals surface area contributed by atoms with E-state index in [1.807, 2.05) is 12.1 Å². The molecule has 0 atom stereocenters. The predicted octanol–water partition coefficient (Wildman–Crippen LogP) is 3.34. The van der Waals surface area contributed by atoms with E-state index in [1.54, 1.807) is 12.4 Å². The SMILES string of the molecule is Fc1cc(F)nc(NC2CCC(Oc3cc(N4CCOCC4)cc4nccnc34)CC2)n1. The van der Waals surface area contributed by atoms with Crippen molar-refractivity contribution in [2.75, 3.05) is 36.5 Å². The van der Waals surface area contributed by atoms with Gasteiger partial charge in [-0.05, 0) is 31.7 Å². The van der Waals surface area contributed by atoms with Crippen LogP contribution in [0.4, 0.5) is 20.4 Å². The van der Waals surface area contributed by atoms with Gasteiger partial charge in [0.2, 0.25) is 17.8 Å². The third-order valence-corrected chi connectivity index (χ3v) is 5.86. The Kier molecular flexibility index (Phi) is 5.93. The summed E-state index contributed by atoms with van der Waals surface area (Å²) in [4.78, 5) is 18.5. The summed E-state index contributed by atoms with van der Waals surface area (Å²) >= 11 is 0. The zero-order valence-electron chi connectivity index (χ0n) is 17.5. The zero-order chi connectivity index (χ0) is 21.9. The molecule has 0 unspecified atom stereocenters. The largest absolute Gasteiger partial charge is 0.488 e. The lowest BCUT2D eigenvalue weighted by Gasteiger charge is -2.31. The normalized spacial score (nSPS) is 21.5. The summed E-state index contributed by atoms with van der Waals surface area (Å²) in [6.07, 6.45) is 6.50. The molecule has 1 saturated heterocycles. The first-order valence-corrected chi connectivity index (χ1v) is 10.8. The Bertz CT molecular complexity index is 1070. The Morgan fingerprint density at radius 3 is 2.41 bits per heavy atom. The number of ether oxygens (including phenoxy) is 2. The van der Waals surface area contributed by atoms with E-state index in [2.05, 4.69) is 30.2 Å². The van der Waals surface area contributed by atoms with Crippen LogP contribution in [0.3, 0.4) is 0 Å². The molecule has 0 amide bonds. The highest BCUT2D eigenvalue weighted by molar-refractivity contribution is 5.85. The molecule has 1 saturated carbocycles. The highest BCUT2D eigenvalue weighted by atomic mass is 19.1. The minimum Gasteiger partial charge on any atom is -0.488 e. The number of morpholine rings is 1. The zero-order valence-corrected chi connectivity index (χ0v) is 17.5. The van der Waals surface area contributed by atoms with Gasteiger partial charge in [0.05, 0.1) is 24.8 Å². The fourth-order valence-corrected chi connectivity index (χ4v) is 4.26. The van der Waals surface area contributed by atoms with E-state index in [0.717, 1.165) is 61.2 Å². The maximum atomic E-state index is 13.3. The Morgan fingerprint density at radius 2 is 1.66 bits per heavy atom. The van der Waals surface area contributed by atoms with Gasteiger partial charge < -0.3 is 19.7 Å². The molecule has 2 fully saturated rings. The minimum absolute atomic E-state index is 0.0170. The molecule has 0 radical (unpaired) electrons. The Balaban J connectivity index is 1.27. The van der Waals surface area contributed by atoms with Crippen LogP contribution in [0, 0.1) is 11.9 Å². The molecule has 1 N–H and O–H groups in total. The third kappa shape index (κ3) is 4.69. The van der Waals surface area contributed by atoms with Gasteiger partial charge in [0.1, 0.15) is 11.3 Å². The van der Waals surface area contributed by atoms with E-state index in [4.69, 9.17) is 9.47 Å². The number of anilines is 2. The number of benzene rings is 1. The number of nitrogens with one attached hydrogen (secondary N) is 1. The second-order valence-corrected chi connectivity index (χ2v) is 8.04.